The molecule has 2 unspecified atom stereocenters. The van der Waals surface area contributed by atoms with E-state index in [4.69, 9.17) is 4.74 Å². The summed E-state index contributed by atoms with van der Waals surface area (Å²) < 4.78 is 5.44. The van der Waals surface area contributed by atoms with Crippen molar-refractivity contribution in [2.75, 3.05) is 13.2 Å². The maximum atomic E-state index is 12.4. The molecule has 56 heavy (non-hydrogen) atoms. The predicted molar refractivity (Wildman–Crippen MR) is 241 cm³/mol. The van der Waals surface area contributed by atoms with Crippen molar-refractivity contribution in [3.05, 3.63) is 12.2 Å². The van der Waals surface area contributed by atoms with E-state index in [1.165, 1.54) is 186 Å². The molecule has 332 valence electrons. The molecule has 0 spiro atoms. The van der Waals surface area contributed by atoms with Crippen LogP contribution in [0.15, 0.2) is 12.2 Å². The Morgan fingerprint density at radius 1 is 0.482 bits per heavy atom. The van der Waals surface area contributed by atoms with Crippen LogP contribution in [-0.2, 0) is 14.3 Å². The average Bonchev–Trinajstić information content (AvgIpc) is 3.20. The molecule has 0 saturated heterocycles. The van der Waals surface area contributed by atoms with Gasteiger partial charge in [-0.15, -0.1) is 0 Å². The first-order valence-electron chi connectivity index (χ1n) is 24.9. The number of amides is 1. The molecule has 0 fully saturated rings. The Bertz CT molecular complexity index is 832. The molecule has 1 amide bonds. The summed E-state index contributed by atoms with van der Waals surface area (Å²) in [5, 5.41) is 23.1. The Labute approximate surface area is 349 Å². The standard InChI is InChI=1S/C50H97NO5/c1-3-5-7-9-11-13-22-26-30-34-38-42-48(53)47(46-52)51-49(54)43-39-35-31-27-24-20-18-16-15-17-19-21-25-29-33-37-41-45-56-50(55)44-40-36-32-28-23-14-12-10-8-6-4-2/h15,17,47-48,52-53H,3-14,16,18-46H2,1-2H3,(H,51,54)/b17-15-. The predicted octanol–water partition coefficient (Wildman–Crippen LogP) is 14.6. The van der Waals surface area contributed by atoms with Crippen molar-refractivity contribution in [1.82, 2.24) is 5.32 Å². The van der Waals surface area contributed by atoms with E-state index in [0.29, 0.717) is 25.9 Å². The van der Waals surface area contributed by atoms with Gasteiger partial charge in [-0.25, -0.2) is 0 Å². The van der Waals surface area contributed by atoms with Gasteiger partial charge in [0.05, 0.1) is 25.4 Å². The zero-order chi connectivity index (χ0) is 40.8. The maximum Gasteiger partial charge on any atom is 0.305 e. The molecule has 6 nitrogen and oxygen atoms in total. The summed E-state index contributed by atoms with van der Waals surface area (Å²) in [7, 11) is 0. The van der Waals surface area contributed by atoms with Crippen LogP contribution in [0.4, 0.5) is 0 Å². The highest BCUT2D eigenvalue weighted by Gasteiger charge is 2.20. The van der Waals surface area contributed by atoms with Crippen LogP contribution in [-0.4, -0.2) is 47.4 Å². The van der Waals surface area contributed by atoms with Gasteiger partial charge in [0.15, 0.2) is 0 Å². The molecular formula is C50H97NO5. The van der Waals surface area contributed by atoms with Crippen LogP contribution in [0.5, 0.6) is 0 Å². The average molecular weight is 792 g/mol. The number of rotatable bonds is 46. The number of carbonyl (C=O) groups is 2. The van der Waals surface area contributed by atoms with Crippen molar-refractivity contribution in [2.24, 2.45) is 0 Å². The minimum Gasteiger partial charge on any atom is -0.466 e. The number of aliphatic hydroxyl groups is 2. The fourth-order valence-corrected chi connectivity index (χ4v) is 7.69. The number of ether oxygens (including phenoxy) is 1. The van der Waals surface area contributed by atoms with Crippen molar-refractivity contribution >= 4 is 11.9 Å². The van der Waals surface area contributed by atoms with Crippen molar-refractivity contribution in [2.45, 2.75) is 283 Å². The van der Waals surface area contributed by atoms with E-state index >= 15 is 0 Å². The highest BCUT2D eigenvalue weighted by Crippen LogP contribution is 2.16. The summed E-state index contributed by atoms with van der Waals surface area (Å²) in [6.45, 7) is 4.92. The fourth-order valence-electron chi connectivity index (χ4n) is 7.69. The van der Waals surface area contributed by atoms with Gasteiger partial charge in [0.1, 0.15) is 0 Å². The van der Waals surface area contributed by atoms with Gasteiger partial charge in [-0.1, -0.05) is 219 Å². The smallest absolute Gasteiger partial charge is 0.305 e. The summed E-state index contributed by atoms with van der Waals surface area (Å²) in [6, 6.07) is -0.547. The van der Waals surface area contributed by atoms with E-state index in [2.05, 4.69) is 31.3 Å². The first kappa shape index (κ1) is 54.6. The van der Waals surface area contributed by atoms with Gasteiger partial charge in [-0.05, 0) is 51.4 Å². The van der Waals surface area contributed by atoms with Crippen molar-refractivity contribution < 1.29 is 24.5 Å². The van der Waals surface area contributed by atoms with Gasteiger partial charge in [0.2, 0.25) is 5.91 Å². The lowest BCUT2D eigenvalue weighted by molar-refractivity contribution is -0.143. The molecule has 0 rings (SSSR count). The third-order valence-electron chi connectivity index (χ3n) is 11.6. The molecule has 0 aromatic rings. The minimum absolute atomic E-state index is 0.00232. The Balaban J connectivity index is 3.45. The quantitative estimate of drug-likeness (QED) is 0.0324. The highest BCUT2D eigenvalue weighted by atomic mass is 16.5. The van der Waals surface area contributed by atoms with Crippen LogP contribution >= 0.6 is 0 Å². The van der Waals surface area contributed by atoms with E-state index in [1.54, 1.807) is 0 Å². The van der Waals surface area contributed by atoms with Gasteiger partial charge in [-0.2, -0.15) is 0 Å². The molecule has 0 radical (unpaired) electrons. The Kier molecular flexibility index (Phi) is 45.1. The maximum absolute atomic E-state index is 12.4. The summed E-state index contributed by atoms with van der Waals surface area (Å²) in [5.41, 5.74) is 0. The normalized spacial score (nSPS) is 12.7. The molecule has 0 aliphatic rings. The van der Waals surface area contributed by atoms with E-state index in [1.807, 2.05) is 0 Å². The summed E-state index contributed by atoms with van der Waals surface area (Å²) >= 11 is 0. The number of allylic oxidation sites excluding steroid dienone is 2. The monoisotopic (exact) mass is 792 g/mol. The Hall–Kier alpha value is -1.40. The van der Waals surface area contributed by atoms with E-state index in [-0.39, 0.29) is 18.5 Å². The molecule has 3 N–H and O–H groups in total. The van der Waals surface area contributed by atoms with Crippen LogP contribution in [0, 0.1) is 0 Å². The van der Waals surface area contributed by atoms with Crippen LogP contribution in [0.25, 0.3) is 0 Å². The second kappa shape index (κ2) is 46.3. The van der Waals surface area contributed by atoms with Gasteiger partial charge in [-0.3, -0.25) is 9.59 Å². The lowest BCUT2D eigenvalue weighted by Crippen LogP contribution is -2.45. The molecule has 0 saturated carbocycles. The Morgan fingerprint density at radius 2 is 0.839 bits per heavy atom. The number of hydrogen-bond donors (Lipinski definition) is 3. The first-order valence-corrected chi connectivity index (χ1v) is 24.9. The number of hydrogen-bond acceptors (Lipinski definition) is 5. The molecule has 6 heteroatoms. The number of esters is 1. The zero-order valence-electron chi connectivity index (χ0n) is 37.6. The fraction of sp³-hybridized carbons (Fsp3) is 0.920. The zero-order valence-corrected chi connectivity index (χ0v) is 37.6. The lowest BCUT2D eigenvalue weighted by Gasteiger charge is -2.22. The van der Waals surface area contributed by atoms with Crippen molar-refractivity contribution in [1.29, 1.82) is 0 Å². The van der Waals surface area contributed by atoms with E-state index in [0.717, 1.165) is 51.4 Å². The Morgan fingerprint density at radius 3 is 1.27 bits per heavy atom. The molecule has 0 aromatic carbocycles. The summed E-state index contributed by atoms with van der Waals surface area (Å²) in [5.74, 6) is -0.0502. The summed E-state index contributed by atoms with van der Waals surface area (Å²) in [6.07, 6.45) is 51.8. The second-order valence-corrected chi connectivity index (χ2v) is 17.1. The molecule has 2 atom stereocenters. The number of carbonyl (C=O) groups excluding carboxylic acids is 2. The topological polar surface area (TPSA) is 95.9 Å². The molecule has 0 heterocycles. The second-order valence-electron chi connectivity index (χ2n) is 17.1. The van der Waals surface area contributed by atoms with Crippen molar-refractivity contribution in [3.63, 3.8) is 0 Å². The molecule has 0 aliphatic heterocycles. The van der Waals surface area contributed by atoms with Crippen LogP contribution in [0.1, 0.15) is 271 Å². The highest BCUT2D eigenvalue weighted by molar-refractivity contribution is 5.76. The molecule has 0 bridgehead atoms. The minimum atomic E-state index is -0.669. The van der Waals surface area contributed by atoms with Gasteiger partial charge in [0, 0.05) is 12.8 Å². The van der Waals surface area contributed by atoms with E-state index < -0.39 is 12.1 Å². The summed E-state index contributed by atoms with van der Waals surface area (Å²) in [4.78, 5) is 24.4. The lowest BCUT2D eigenvalue weighted by atomic mass is 10.0. The van der Waals surface area contributed by atoms with Crippen molar-refractivity contribution in [3.8, 4) is 0 Å². The SMILES string of the molecule is CCCCCCCCCCCCCC(=O)OCCCCCCCC/C=C\CCCCCCCCCC(=O)NC(CO)C(O)CCCCCCCCCCCCC. The number of unbranched alkanes of at least 4 members (excludes halogenated alkanes) is 33. The third-order valence-corrected chi connectivity index (χ3v) is 11.6. The van der Waals surface area contributed by atoms with Crippen LogP contribution in [0.3, 0.4) is 0 Å². The number of nitrogens with one attached hydrogen (secondary N) is 1. The molecular weight excluding hydrogens is 695 g/mol. The molecule has 0 aliphatic carbocycles. The van der Waals surface area contributed by atoms with Gasteiger partial charge in [0.25, 0.3) is 0 Å². The van der Waals surface area contributed by atoms with Gasteiger partial charge >= 0.3 is 5.97 Å². The van der Waals surface area contributed by atoms with Gasteiger partial charge < -0.3 is 20.3 Å². The van der Waals surface area contributed by atoms with Crippen LogP contribution < -0.4 is 5.32 Å². The van der Waals surface area contributed by atoms with Crippen LogP contribution in [0.2, 0.25) is 0 Å². The first-order chi connectivity index (χ1) is 27.5. The third kappa shape index (κ3) is 42.2. The molecule has 0 aromatic heterocycles. The largest absolute Gasteiger partial charge is 0.466 e. The number of aliphatic hydroxyl groups excluding tert-OH is 2. The van der Waals surface area contributed by atoms with E-state index in [9.17, 15) is 19.8 Å².